The Kier molecular flexibility index (Phi) is 5.57. The molecule has 1 saturated heterocycles. The molecule has 1 aromatic carbocycles. The molecule has 2 heterocycles. The molecular formula is C19H31N3O. The number of benzene rings is 1. The summed E-state index contributed by atoms with van der Waals surface area (Å²) in [7, 11) is 4.01. The minimum Gasteiger partial charge on any atom is -0.496 e. The van der Waals surface area contributed by atoms with Crippen molar-refractivity contribution in [3.05, 3.63) is 28.8 Å². The number of hydrogen-bond acceptors (Lipinski definition) is 4. The van der Waals surface area contributed by atoms with Crippen molar-refractivity contribution in [1.82, 2.24) is 15.1 Å². The smallest absolute Gasteiger partial charge is 0.123 e. The molecule has 128 valence electrons. The number of likely N-dealkylation sites (N-methyl/N-ethyl adjacent to an activating group) is 1. The number of nitrogens with one attached hydrogen (secondary N) is 1. The van der Waals surface area contributed by atoms with Gasteiger partial charge in [-0.1, -0.05) is 19.4 Å². The van der Waals surface area contributed by atoms with E-state index < -0.39 is 0 Å². The summed E-state index contributed by atoms with van der Waals surface area (Å²) < 4.78 is 5.74. The van der Waals surface area contributed by atoms with Crippen LogP contribution in [-0.4, -0.2) is 56.7 Å². The summed E-state index contributed by atoms with van der Waals surface area (Å²) in [5, 5.41) is 3.66. The normalized spacial score (nSPS) is 22.8. The number of rotatable bonds is 5. The average molecular weight is 317 g/mol. The number of hydrogen-bond donors (Lipinski definition) is 1. The number of methoxy groups -OCH3 is 1. The van der Waals surface area contributed by atoms with Gasteiger partial charge in [0.05, 0.1) is 7.11 Å². The molecule has 0 spiro atoms. The molecule has 1 aromatic rings. The van der Waals surface area contributed by atoms with E-state index in [9.17, 15) is 0 Å². The molecule has 0 bridgehead atoms. The first-order valence-corrected chi connectivity index (χ1v) is 9.05. The lowest BCUT2D eigenvalue weighted by molar-refractivity contribution is 0.147. The van der Waals surface area contributed by atoms with Gasteiger partial charge in [0.25, 0.3) is 0 Å². The Morgan fingerprint density at radius 2 is 2.00 bits per heavy atom. The quantitative estimate of drug-likeness (QED) is 0.903. The van der Waals surface area contributed by atoms with E-state index in [4.69, 9.17) is 4.74 Å². The van der Waals surface area contributed by atoms with Crippen LogP contribution in [0.15, 0.2) is 12.1 Å². The van der Waals surface area contributed by atoms with E-state index in [0.717, 1.165) is 51.4 Å². The third-order valence-electron chi connectivity index (χ3n) is 5.27. The van der Waals surface area contributed by atoms with Crippen molar-refractivity contribution in [2.24, 2.45) is 0 Å². The van der Waals surface area contributed by atoms with Crippen LogP contribution in [0.1, 0.15) is 42.5 Å². The van der Waals surface area contributed by atoms with Gasteiger partial charge >= 0.3 is 0 Å². The fourth-order valence-corrected chi connectivity index (χ4v) is 3.83. The fourth-order valence-electron chi connectivity index (χ4n) is 3.83. The van der Waals surface area contributed by atoms with Gasteiger partial charge in [-0.05, 0) is 43.6 Å². The highest BCUT2D eigenvalue weighted by atomic mass is 16.5. The summed E-state index contributed by atoms with van der Waals surface area (Å²) in [6, 6.07) is 5.21. The molecule has 1 N–H and O–H groups in total. The zero-order valence-electron chi connectivity index (χ0n) is 14.9. The van der Waals surface area contributed by atoms with Gasteiger partial charge in [-0.15, -0.1) is 0 Å². The summed E-state index contributed by atoms with van der Waals surface area (Å²) in [6.07, 6.45) is 3.55. The van der Waals surface area contributed by atoms with Gasteiger partial charge in [-0.3, -0.25) is 4.90 Å². The summed E-state index contributed by atoms with van der Waals surface area (Å²) in [6.45, 7) is 8.99. The van der Waals surface area contributed by atoms with Gasteiger partial charge in [-0.25, -0.2) is 0 Å². The molecule has 23 heavy (non-hydrogen) atoms. The van der Waals surface area contributed by atoms with Crippen LogP contribution in [0.2, 0.25) is 0 Å². The highest BCUT2D eigenvalue weighted by Gasteiger charge is 2.23. The maximum absolute atomic E-state index is 5.74. The third kappa shape index (κ3) is 3.87. The second kappa shape index (κ2) is 7.65. The predicted octanol–water partition coefficient (Wildman–Crippen LogP) is 2.43. The van der Waals surface area contributed by atoms with Gasteiger partial charge in [0.15, 0.2) is 0 Å². The number of nitrogens with zero attached hydrogens (tertiary/aromatic N) is 2. The average Bonchev–Trinajstić information content (AvgIpc) is 2.57. The molecule has 0 aromatic heterocycles. The molecule has 1 fully saturated rings. The molecule has 4 heteroatoms. The van der Waals surface area contributed by atoms with Crippen molar-refractivity contribution >= 4 is 0 Å². The largest absolute Gasteiger partial charge is 0.496 e. The monoisotopic (exact) mass is 317 g/mol. The Morgan fingerprint density at radius 1 is 1.22 bits per heavy atom. The van der Waals surface area contributed by atoms with Crippen LogP contribution in [0.3, 0.4) is 0 Å². The first-order valence-electron chi connectivity index (χ1n) is 9.05. The topological polar surface area (TPSA) is 27.7 Å². The highest BCUT2D eigenvalue weighted by molar-refractivity contribution is 5.45. The summed E-state index contributed by atoms with van der Waals surface area (Å²) in [5.74, 6) is 1.06. The number of fused-ring (bicyclic) bond motifs is 1. The van der Waals surface area contributed by atoms with Crippen molar-refractivity contribution in [2.75, 3.05) is 46.9 Å². The van der Waals surface area contributed by atoms with Gasteiger partial charge in [0.2, 0.25) is 0 Å². The molecule has 3 rings (SSSR count). The molecule has 0 saturated carbocycles. The van der Waals surface area contributed by atoms with E-state index in [1.54, 1.807) is 7.11 Å². The lowest BCUT2D eigenvalue weighted by atomic mass is 9.89. The van der Waals surface area contributed by atoms with Gasteiger partial charge in [0, 0.05) is 44.3 Å². The molecule has 2 aliphatic heterocycles. The van der Waals surface area contributed by atoms with Crippen molar-refractivity contribution in [2.45, 2.75) is 38.8 Å². The Balaban J connectivity index is 1.80. The van der Waals surface area contributed by atoms with Crippen LogP contribution in [0, 0.1) is 0 Å². The van der Waals surface area contributed by atoms with Crippen LogP contribution in [-0.2, 0) is 13.0 Å². The molecule has 0 aliphatic carbocycles. The summed E-state index contributed by atoms with van der Waals surface area (Å²) in [4.78, 5) is 4.95. The zero-order chi connectivity index (χ0) is 16.2. The second-order valence-corrected chi connectivity index (χ2v) is 6.99. The second-order valence-electron chi connectivity index (χ2n) is 6.99. The van der Waals surface area contributed by atoms with E-state index in [2.05, 4.69) is 41.2 Å². The standard InChI is InChI=1S/C19H31N3O/c1-4-5-18-17-13-19(23-3)16(12-15(17)6-7-20-18)14-22-10-8-21(2)9-11-22/h12-13,18,20H,4-11,14H2,1-3H3. The summed E-state index contributed by atoms with van der Waals surface area (Å²) >= 11 is 0. The van der Waals surface area contributed by atoms with Crippen LogP contribution >= 0.6 is 0 Å². The van der Waals surface area contributed by atoms with Crippen molar-refractivity contribution in [3.63, 3.8) is 0 Å². The van der Waals surface area contributed by atoms with E-state index in [-0.39, 0.29) is 0 Å². The van der Waals surface area contributed by atoms with Crippen LogP contribution in [0.25, 0.3) is 0 Å². The molecular weight excluding hydrogens is 286 g/mol. The molecule has 0 amide bonds. The first kappa shape index (κ1) is 16.7. The number of piperazine rings is 1. The Hall–Kier alpha value is -1.10. The van der Waals surface area contributed by atoms with E-state index in [0.29, 0.717) is 6.04 Å². The zero-order valence-corrected chi connectivity index (χ0v) is 14.9. The van der Waals surface area contributed by atoms with Gasteiger partial charge < -0.3 is 15.0 Å². The van der Waals surface area contributed by atoms with Gasteiger partial charge in [-0.2, -0.15) is 0 Å². The SMILES string of the molecule is CCCC1NCCc2cc(CN3CCN(C)CC3)c(OC)cc21. The van der Waals surface area contributed by atoms with Crippen molar-refractivity contribution < 1.29 is 4.74 Å². The molecule has 2 aliphatic rings. The van der Waals surface area contributed by atoms with Crippen LogP contribution < -0.4 is 10.1 Å². The van der Waals surface area contributed by atoms with Gasteiger partial charge in [0.1, 0.15) is 5.75 Å². The lowest BCUT2D eigenvalue weighted by Gasteiger charge is -2.33. The van der Waals surface area contributed by atoms with Crippen molar-refractivity contribution in [3.8, 4) is 5.75 Å². The molecule has 1 unspecified atom stereocenters. The fraction of sp³-hybridized carbons (Fsp3) is 0.684. The molecule has 1 atom stereocenters. The summed E-state index contributed by atoms with van der Waals surface area (Å²) in [5.41, 5.74) is 4.33. The highest BCUT2D eigenvalue weighted by Crippen LogP contribution is 2.33. The Bertz CT molecular complexity index is 524. The molecule has 4 nitrogen and oxygen atoms in total. The molecule has 0 radical (unpaired) electrons. The van der Waals surface area contributed by atoms with E-state index in [1.807, 2.05) is 0 Å². The van der Waals surface area contributed by atoms with E-state index >= 15 is 0 Å². The lowest BCUT2D eigenvalue weighted by Crippen LogP contribution is -2.44. The maximum atomic E-state index is 5.74. The third-order valence-corrected chi connectivity index (χ3v) is 5.27. The Morgan fingerprint density at radius 3 is 2.70 bits per heavy atom. The predicted molar refractivity (Wildman–Crippen MR) is 95.1 cm³/mol. The van der Waals surface area contributed by atoms with E-state index in [1.165, 1.54) is 29.5 Å². The minimum atomic E-state index is 0.496. The Labute approximate surface area is 140 Å². The minimum absolute atomic E-state index is 0.496. The number of ether oxygens (including phenoxy) is 1. The first-order chi connectivity index (χ1) is 11.2. The van der Waals surface area contributed by atoms with Crippen LogP contribution in [0.4, 0.5) is 0 Å². The maximum Gasteiger partial charge on any atom is 0.123 e. The van der Waals surface area contributed by atoms with Crippen molar-refractivity contribution in [1.29, 1.82) is 0 Å². The van der Waals surface area contributed by atoms with Crippen LogP contribution in [0.5, 0.6) is 5.75 Å².